The Hall–Kier alpha value is -2.37. The highest BCUT2D eigenvalue weighted by molar-refractivity contribution is 7.14. The number of thiophene rings is 1. The first-order valence-electron chi connectivity index (χ1n) is 7.79. The van der Waals surface area contributed by atoms with Gasteiger partial charge in [-0.25, -0.2) is 0 Å². The van der Waals surface area contributed by atoms with E-state index in [9.17, 15) is 9.59 Å². The summed E-state index contributed by atoms with van der Waals surface area (Å²) in [6, 6.07) is 5.29. The molecule has 1 saturated carbocycles. The van der Waals surface area contributed by atoms with Crippen LogP contribution in [0.2, 0.25) is 5.02 Å². The molecular formula is C16H16ClN5O2S. The lowest BCUT2D eigenvalue weighted by molar-refractivity contribution is -0.121. The second kappa shape index (κ2) is 7.68. The van der Waals surface area contributed by atoms with Gasteiger partial charge in [-0.2, -0.15) is 10.4 Å². The van der Waals surface area contributed by atoms with E-state index in [1.54, 1.807) is 23.1 Å². The Morgan fingerprint density at radius 2 is 2.12 bits per heavy atom. The number of aromatic nitrogens is 2. The number of hydrogen-bond acceptors (Lipinski definition) is 5. The van der Waals surface area contributed by atoms with E-state index in [2.05, 4.69) is 15.7 Å². The number of nitrogens with zero attached hydrogens (tertiary/aromatic N) is 3. The quantitative estimate of drug-likeness (QED) is 0.803. The molecule has 0 aliphatic heterocycles. The fraction of sp³-hybridized carbons (Fsp3) is 0.375. The minimum atomic E-state index is -0.303. The van der Waals surface area contributed by atoms with Crippen molar-refractivity contribution in [2.45, 2.75) is 37.9 Å². The Kier molecular flexibility index (Phi) is 5.36. The van der Waals surface area contributed by atoms with Crippen LogP contribution < -0.4 is 10.6 Å². The zero-order chi connectivity index (χ0) is 17.8. The van der Waals surface area contributed by atoms with Crippen LogP contribution in [0.25, 0.3) is 0 Å². The first kappa shape index (κ1) is 17.5. The van der Waals surface area contributed by atoms with Crippen LogP contribution in [0.1, 0.15) is 33.8 Å². The maximum absolute atomic E-state index is 12.4. The summed E-state index contributed by atoms with van der Waals surface area (Å²) >= 11 is 7.24. The van der Waals surface area contributed by atoms with Gasteiger partial charge in [0.15, 0.2) is 0 Å². The second-order valence-electron chi connectivity index (χ2n) is 5.79. The zero-order valence-corrected chi connectivity index (χ0v) is 14.8. The fourth-order valence-corrected chi connectivity index (χ4v) is 3.64. The van der Waals surface area contributed by atoms with E-state index in [0.717, 1.165) is 17.7 Å². The topological polar surface area (TPSA) is 99.8 Å². The number of carbonyl (C=O) groups excluding carboxylic acids is 2. The van der Waals surface area contributed by atoms with Crippen molar-refractivity contribution in [2.75, 3.05) is 0 Å². The lowest BCUT2D eigenvalue weighted by Crippen LogP contribution is -2.58. The van der Waals surface area contributed by atoms with Gasteiger partial charge in [0.05, 0.1) is 28.7 Å². The Morgan fingerprint density at radius 3 is 2.76 bits per heavy atom. The number of rotatable bonds is 6. The molecule has 2 aromatic heterocycles. The Balaban J connectivity index is 1.53. The molecule has 1 aliphatic carbocycles. The first-order chi connectivity index (χ1) is 12.0. The Labute approximate surface area is 153 Å². The van der Waals surface area contributed by atoms with Gasteiger partial charge in [0.2, 0.25) is 5.91 Å². The highest BCUT2D eigenvalue weighted by atomic mass is 35.5. The molecule has 9 heteroatoms. The third-order valence-corrected chi connectivity index (χ3v) is 5.25. The molecule has 2 heterocycles. The van der Waals surface area contributed by atoms with Crippen molar-refractivity contribution in [3.8, 4) is 6.07 Å². The molecule has 130 valence electrons. The van der Waals surface area contributed by atoms with Gasteiger partial charge in [-0.1, -0.05) is 11.6 Å². The maximum Gasteiger partial charge on any atom is 0.261 e. The van der Waals surface area contributed by atoms with Gasteiger partial charge >= 0.3 is 0 Å². The number of carbonyl (C=O) groups is 2. The standard InChI is InChI=1S/C16H16ClN5O2S/c17-10-7-19-22(8-10)9-11-1-4-14(25-11)16(24)21-13-3-2-12(13)20-15(23)5-6-18/h1,4,7-8,12-13H,2-3,5,9H2,(H,20,23)(H,21,24). The van der Waals surface area contributed by atoms with Crippen LogP contribution in [0, 0.1) is 11.3 Å². The van der Waals surface area contributed by atoms with Crippen molar-refractivity contribution in [1.29, 1.82) is 5.26 Å². The average molecular weight is 378 g/mol. The molecule has 2 N–H and O–H groups in total. The minimum absolute atomic E-state index is 0.0920. The molecule has 2 atom stereocenters. The Morgan fingerprint density at radius 1 is 1.36 bits per heavy atom. The number of amides is 2. The summed E-state index contributed by atoms with van der Waals surface area (Å²) < 4.78 is 1.71. The molecular weight excluding hydrogens is 362 g/mol. The molecule has 7 nitrogen and oxygen atoms in total. The van der Waals surface area contributed by atoms with Gasteiger partial charge in [0, 0.05) is 23.2 Å². The third kappa shape index (κ3) is 4.38. The predicted molar refractivity (Wildman–Crippen MR) is 93.3 cm³/mol. The molecule has 1 fully saturated rings. The van der Waals surface area contributed by atoms with Gasteiger partial charge in [0.25, 0.3) is 5.91 Å². The largest absolute Gasteiger partial charge is 0.350 e. The normalized spacial score (nSPS) is 18.9. The average Bonchev–Trinajstić information content (AvgIpc) is 3.19. The second-order valence-corrected chi connectivity index (χ2v) is 7.39. The SMILES string of the molecule is N#CCC(=O)NC1CCC1NC(=O)c1ccc(Cn2cc(Cl)cn2)s1. The number of nitriles is 1. The van der Waals surface area contributed by atoms with Gasteiger partial charge in [-0.05, 0) is 25.0 Å². The molecule has 2 aromatic rings. The summed E-state index contributed by atoms with van der Waals surface area (Å²) in [5.74, 6) is -0.457. The van der Waals surface area contributed by atoms with Crippen LogP contribution in [0.15, 0.2) is 24.5 Å². The molecule has 0 radical (unpaired) electrons. The molecule has 0 aromatic carbocycles. The molecule has 25 heavy (non-hydrogen) atoms. The van der Waals surface area contributed by atoms with E-state index in [1.165, 1.54) is 11.3 Å². The third-order valence-electron chi connectivity index (χ3n) is 3.98. The summed E-state index contributed by atoms with van der Waals surface area (Å²) in [7, 11) is 0. The zero-order valence-electron chi connectivity index (χ0n) is 13.2. The minimum Gasteiger partial charge on any atom is -0.350 e. The van der Waals surface area contributed by atoms with Crippen molar-refractivity contribution >= 4 is 34.8 Å². The molecule has 0 spiro atoms. The summed E-state index contributed by atoms with van der Waals surface area (Å²) in [4.78, 5) is 25.4. The lowest BCUT2D eigenvalue weighted by Gasteiger charge is -2.37. The van der Waals surface area contributed by atoms with E-state index in [0.29, 0.717) is 16.4 Å². The van der Waals surface area contributed by atoms with E-state index in [-0.39, 0.29) is 30.3 Å². The van der Waals surface area contributed by atoms with Crippen molar-refractivity contribution in [3.05, 3.63) is 39.3 Å². The summed E-state index contributed by atoms with van der Waals surface area (Å²) in [5.41, 5.74) is 0. The summed E-state index contributed by atoms with van der Waals surface area (Å²) in [6.45, 7) is 0.556. The van der Waals surface area contributed by atoms with Crippen LogP contribution >= 0.6 is 22.9 Å². The van der Waals surface area contributed by atoms with Crippen LogP contribution in [0.5, 0.6) is 0 Å². The summed E-state index contributed by atoms with van der Waals surface area (Å²) in [6.07, 6.45) is 4.75. The summed E-state index contributed by atoms with van der Waals surface area (Å²) in [5, 5.41) is 18.9. The van der Waals surface area contributed by atoms with E-state index >= 15 is 0 Å². The molecule has 2 amide bonds. The van der Waals surface area contributed by atoms with Crippen molar-refractivity contribution in [3.63, 3.8) is 0 Å². The number of nitrogens with one attached hydrogen (secondary N) is 2. The molecule has 0 saturated heterocycles. The van der Waals surface area contributed by atoms with Gasteiger partial charge in [-0.15, -0.1) is 11.3 Å². The molecule has 1 aliphatic rings. The number of hydrogen-bond donors (Lipinski definition) is 2. The van der Waals surface area contributed by atoms with Crippen LogP contribution in [0.3, 0.4) is 0 Å². The highest BCUT2D eigenvalue weighted by Crippen LogP contribution is 2.23. The monoisotopic (exact) mass is 377 g/mol. The van der Waals surface area contributed by atoms with Gasteiger partial charge in [-0.3, -0.25) is 14.3 Å². The lowest BCUT2D eigenvalue weighted by atomic mass is 9.86. The van der Waals surface area contributed by atoms with E-state index in [4.69, 9.17) is 16.9 Å². The van der Waals surface area contributed by atoms with Crippen molar-refractivity contribution in [1.82, 2.24) is 20.4 Å². The fourth-order valence-electron chi connectivity index (χ4n) is 2.58. The van der Waals surface area contributed by atoms with Gasteiger partial charge in [0.1, 0.15) is 6.42 Å². The molecule has 0 bridgehead atoms. The molecule has 2 unspecified atom stereocenters. The smallest absolute Gasteiger partial charge is 0.261 e. The van der Waals surface area contributed by atoms with Crippen LogP contribution in [-0.2, 0) is 11.3 Å². The van der Waals surface area contributed by atoms with Crippen LogP contribution in [-0.4, -0.2) is 33.7 Å². The highest BCUT2D eigenvalue weighted by Gasteiger charge is 2.33. The Bertz CT molecular complexity index is 825. The van der Waals surface area contributed by atoms with Crippen LogP contribution in [0.4, 0.5) is 0 Å². The first-order valence-corrected chi connectivity index (χ1v) is 8.98. The van der Waals surface area contributed by atoms with Gasteiger partial charge < -0.3 is 10.6 Å². The maximum atomic E-state index is 12.4. The van der Waals surface area contributed by atoms with Crippen molar-refractivity contribution < 1.29 is 9.59 Å². The van der Waals surface area contributed by atoms with Crippen molar-refractivity contribution in [2.24, 2.45) is 0 Å². The van der Waals surface area contributed by atoms with E-state index in [1.807, 2.05) is 12.1 Å². The number of halogens is 1. The molecule has 3 rings (SSSR count). The predicted octanol–water partition coefficient (Wildman–Crippen LogP) is 1.94. The van der Waals surface area contributed by atoms with E-state index < -0.39 is 0 Å².